The molecule has 27 heavy (non-hydrogen) atoms. The number of carbonyl (C=O) groups is 2. The first-order valence-corrected chi connectivity index (χ1v) is 10.0. The predicted octanol–water partition coefficient (Wildman–Crippen LogP) is 1.74. The zero-order valence-electron chi connectivity index (χ0n) is 14.9. The molecule has 8 nitrogen and oxygen atoms in total. The Morgan fingerprint density at radius 3 is 2.63 bits per heavy atom. The summed E-state index contributed by atoms with van der Waals surface area (Å²) in [4.78, 5) is 28.4. The molecule has 0 saturated heterocycles. The minimum atomic E-state index is -3.71. The van der Waals surface area contributed by atoms with Gasteiger partial charge < -0.3 is 4.74 Å². The highest BCUT2D eigenvalue weighted by Gasteiger charge is 2.25. The van der Waals surface area contributed by atoms with Gasteiger partial charge in [-0.2, -0.15) is 5.26 Å². The van der Waals surface area contributed by atoms with Crippen LogP contribution >= 0.6 is 11.3 Å². The summed E-state index contributed by atoms with van der Waals surface area (Å²) in [6.07, 6.45) is 0. The Hall–Kier alpha value is -2.61. The van der Waals surface area contributed by atoms with Gasteiger partial charge in [0.15, 0.2) is 18.3 Å². The highest BCUT2D eigenvalue weighted by atomic mass is 32.2. The predicted molar refractivity (Wildman–Crippen MR) is 97.8 cm³/mol. The zero-order valence-corrected chi connectivity index (χ0v) is 16.5. The van der Waals surface area contributed by atoms with Gasteiger partial charge in [-0.1, -0.05) is 6.07 Å². The largest absolute Gasteiger partial charge is 0.454 e. The van der Waals surface area contributed by atoms with E-state index in [0.29, 0.717) is 10.7 Å². The van der Waals surface area contributed by atoms with Gasteiger partial charge in [0.25, 0.3) is 0 Å². The fourth-order valence-electron chi connectivity index (χ4n) is 2.07. The molecule has 2 rings (SSSR count). The third kappa shape index (κ3) is 4.77. The molecule has 0 aliphatic heterocycles. The number of aryl methyl sites for hydroxylation is 1. The van der Waals surface area contributed by atoms with Gasteiger partial charge >= 0.3 is 5.97 Å². The molecule has 1 aromatic heterocycles. The number of hydrogen-bond donors (Lipinski definition) is 0. The minimum Gasteiger partial charge on any atom is -0.454 e. The number of esters is 1. The van der Waals surface area contributed by atoms with Crippen molar-refractivity contribution in [2.75, 3.05) is 20.7 Å². The maximum absolute atomic E-state index is 12.2. The van der Waals surface area contributed by atoms with E-state index < -0.39 is 34.3 Å². The first-order valence-electron chi connectivity index (χ1n) is 7.71. The molecular formula is C17H17N3O5S2. The van der Waals surface area contributed by atoms with Crippen molar-refractivity contribution in [2.24, 2.45) is 0 Å². The van der Waals surface area contributed by atoms with Gasteiger partial charge in [-0.25, -0.2) is 22.5 Å². The van der Waals surface area contributed by atoms with Crippen LogP contribution in [0, 0.1) is 18.3 Å². The zero-order chi connectivity index (χ0) is 20.2. The van der Waals surface area contributed by atoms with Crippen molar-refractivity contribution in [3.05, 3.63) is 45.9 Å². The van der Waals surface area contributed by atoms with Gasteiger partial charge in [0.2, 0.25) is 10.0 Å². The molecular weight excluding hydrogens is 390 g/mol. The molecule has 0 bridgehead atoms. The van der Waals surface area contributed by atoms with Crippen LogP contribution in [0.15, 0.2) is 34.5 Å². The standard InChI is InChI=1S/C17H17N3O5S2/c1-11-10-26-16(19-11)14(8-18)15(21)9-25-17(22)12-5-4-6-13(7-12)27(23,24)20(2)3/h4-7,10,14H,9H2,1-3H3/t14-/m0/s1. The number of sulfonamides is 1. The second-order valence-electron chi connectivity index (χ2n) is 5.75. The Bertz CT molecular complexity index is 1010. The summed E-state index contributed by atoms with van der Waals surface area (Å²) in [5, 5.41) is 11.3. The van der Waals surface area contributed by atoms with E-state index in [9.17, 15) is 23.3 Å². The molecule has 0 unspecified atom stereocenters. The topological polar surface area (TPSA) is 117 Å². The lowest BCUT2D eigenvalue weighted by Crippen LogP contribution is -2.23. The molecule has 0 fully saturated rings. The lowest BCUT2D eigenvalue weighted by atomic mass is 10.1. The summed E-state index contributed by atoms with van der Waals surface area (Å²) >= 11 is 1.18. The first kappa shape index (κ1) is 20.7. The molecule has 0 radical (unpaired) electrons. The molecule has 0 aliphatic rings. The van der Waals surface area contributed by atoms with Crippen LogP contribution in [0.4, 0.5) is 0 Å². The number of thiazole rings is 1. The van der Waals surface area contributed by atoms with Crippen LogP contribution in [0.3, 0.4) is 0 Å². The molecule has 0 saturated carbocycles. The lowest BCUT2D eigenvalue weighted by Gasteiger charge is -2.12. The normalized spacial score (nSPS) is 12.4. The van der Waals surface area contributed by atoms with Crippen LogP contribution in [0.1, 0.15) is 27.0 Å². The van der Waals surface area contributed by atoms with E-state index in [2.05, 4.69) is 4.98 Å². The SMILES string of the molecule is Cc1csc([C@@H](C#N)C(=O)COC(=O)c2cccc(S(=O)(=O)N(C)C)c2)n1. The number of nitrogens with zero attached hydrogens (tertiary/aromatic N) is 3. The van der Waals surface area contributed by atoms with E-state index in [4.69, 9.17) is 4.74 Å². The number of ether oxygens (including phenoxy) is 1. The lowest BCUT2D eigenvalue weighted by molar-refractivity contribution is -0.122. The van der Waals surface area contributed by atoms with Crippen molar-refractivity contribution >= 4 is 33.1 Å². The Balaban J connectivity index is 2.10. The Morgan fingerprint density at radius 2 is 2.07 bits per heavy atom. The summed E-state index contributed by atoms with van der Waals surface area (Å²) in [6, 6.07) is 7.18. The summed E-state index contributed by atoms with van der Waals surface area (Å²) in [7, 11) is -0.954. The smallest absolute Gasteiger partial charge is 0.338 e. The van der Waals surface area contributed by atoms with Gasteiger partial charge in [0.1, 0.15) is 5.01 Å². The molecule has 2 aromatic rings. The molecule has 1 atom stereocenters. The van der Waals surface area contributed by atoms with Crippen LogP contribution in [0.5, 0.6) is 0 Å². The Morgan fingerprint density at radius 1 is 1.37 bits per heavy atom. The monoisotopic (exact) mass is 407 g/mol. The number of carbonyl (C=O) groups excluding carboxylic acids is 2. The van der Waals surface area contributed by atoms with Gasteiger partial charge in [-0.05, 0) is 25.1 Å². The van der Waals surface area contributed by atoms with Crippen LogP contribution < -0.4 is 0 Å². The second-order valence-corrected chi connectivity index (χ2v) is 8.79. The molecule has 142 valence electrons. The first-order chi connectivity index (χ1) is 12.7. The summed E-state index contributed by atoms with van der Waals surface area (Å²) in [5.41, 5.74) is 0.684. The van der Waals surface area contributed by atoms with Crippen molar-refractivity contribution in [2.45, 2.75) is 17.7 Å². The number of nitriles is 1. The quantitative estimate of drug-likeness (QED) is 0.642. The molecule has 10 heteroatoms. The fraction of sp³-hybridized carbons (Fsp3) is 0.294. The van der Waals surface area contributed by atoms with Crippen LogP contribution in [0.25, 0.3) is 0 Å². The number of rotatable bonds is 7. The fourth-order valence-corrected chi connectivity index (χ4v) is 3.88. The van der Waals surface area contributed by atoms with Crippen LogP contribution in [-0.4, -0.2) is 50.2 Å². The van der Waals surface area contributed by atoms with E-state index in [1.807, 2.05) is 6.07 Å². The van der Waals surface area contributed by atoms with E-state index in [1.54, 1.807) is 12.3 Å². The average Bonchev–Trinajstić information content (AvgIpc) is 3.06. The molecule has 1 heterocycles. The Labute approximate surface area is 161 Å². The maximum atomic E-state index is 12.2. The molecule has 0 amide bonds. The van der Waals surface area contributed by atoms with Crippen molar-refractivity contribution in [1.29, 1.82) is 5.26 Å². The van der Waals surface area contributed by atoms with Gasteiger partial charge in [-0.3, -0.25) is 4.79 Å². The Kier molecular flexibility index (Phi) is 6.43. The number of hydrogen-bond acceptors (Lipinski definition) is 8. The van der Waals surface area contributed by atoms with Crippen molar-refractivity contribution in [3.63, 3.8) is 0 Å². The molecule has 1 aromatic carbocycles. The minimum absolute atomic E-state index is 0.00988. The number of aromatic nitrogens is 1. The van der Waals surface area contributed by atoms with Crippen LogP contribution in [0.2, 0.25) is 0 Å². The summed E-state index contributed by atoms with van der Waals surface area (Å²) in [5.74, 6) is -2.57. The summed E-state index contributed by atoms with van der Waals surface area (Å²) < 4.78 is 30.3. The second kappa shape index (κ2) is 8.39. The van der Waals surface area contributed by atoms with Crippen molar-refractivity contribution in [3.8, 4) is 6.07 Å². The maximum Gasteiger partial charge on any atom is 0.338 e. The van der Waals surface area contributed by atoms with E-state index >= 15 is 0 Å². The van der Waals surface area contributed by atoms with Crippen LogP contribution in [-0.2, 0) is 19.6 Å². The van der Waals surface area contributed by atoms with Gasteiger partial charge in [0.05, 0.1) is 16.5 Å². The number of benzene rings is 1. The number of ketones is 1. The number of Topliss-reactive ketones (excluding diaryl/α,β-unsaturated/α-hetero) is 1. The molecule has 0 spiro atoms. The average molecular weight is 407 g/mol. The summed E-state index contributed by atoms with van der Waals surface area (Å²) in [6.45, 7) is 1.13. The third-order valence-electron chi connectivity index (χ3n) is 3.53. The highest BCUT2D eigenvalue weighted by molar-refractivity contribution is 7.89. The van der Waals surface area contributed by atoms with Crippen molar-refractivity contribution < 1.29 is 22.7 Å². The highest BCUT2D eigenvalue weighted by Crippen LogP contribution is 2.21. The van der Waals surface area contributed by atoms with Gasteiger partial charge in [0, 0.05) is 25.2 Å². The molecule has 0 N–H and O–H groups in total. The van der Waals surface area contributed by atoms with E-state index in [1.165, 1.54) is 49.7 Å². The third-order valence-corrected chi connectivity index (χ3v) is 6.37. The van der Waals surface area contributed by atoms with E-state index in [0.717, 1.165) is 4.31 Å². The van der Waals surface area contributed by atoms with Gasteiger partial charge in [-0.15, -0.1) is 11.3 Å². The molecule has 0 aliphatic carbocycles. The van der Waals surface area contributed by atoms with Crippen molar-refractivity contribution in [1.82, 2.24) is 9.29 Å². The van der Waals surface area contributed by atoms with E-state index in [-0.39, 0.29) is 10.5 Å².